The number of halogens is 1. The Morgan fingerprint density at radius 2 is 2.38 bits per heavy atom. The number of rotatable bonds is 3. The van der Waals surface area contributed by atoms with Crippen LogP contribution in [0.25, 0.3) is 0 Å². The summed E-state index contributed by atoms with van der Waals surface area (Å²) in [5, 5.41) is 0. The van der Waals surface area contributed by atoms with E-state index in [1.807, 2.05) is 12.2 Å². The summed E-state index contributed by atoms with van der Waals surface area (Å²) in [7, 11) is 0. The van der Waals surface area contributed by atoms with E-state index in [0.29, 0.717) is 0 Å². The summed E-state index contributed by atoms with van der Waals surface area (Å²) in [6.07, 6.45) is 7.14. The predicted molar refractivity (Wildman–Crippen MR) is 46.7 cm³/mol. The molecule has 0 radical (unpaired) electrons. The average molecular weight is 221 g/mol. The van der Waals surface area contributed by atoms with Crippen molar-refractivity contribution in [1.82, 2.24) is 0 Å². The Kier molecular flexibility index (Phi) is 6.78. The number of allylic oxidation sites excluding steroid dienone is 2. The highest BCUT2D eigenvalue weighted by Gasteiger charge is 1.61. The maximum atomic E-state index is 3.76. The first kappa shape index (κ1) is 7.88. The number of alkyl halides is 1. The van der Waals surface area contributed by atoms with Gasteiger partial charge < -0.3 is 0 Å². The van der Waals surface area contributed by atoms with Gasteiger partial charge in [0.05, 0.1) is 0 Å². The van der Waals surface area contributed by atoms with E-state index in [9.17, 15) is 0 Å². The molecular formula is C6H8IN. The number of hydrogen-bond donors (Lipinski definition) is 0. The number of aliphatic imine (C=N–C) groups is 1. The Balaban J connectivity index is 3.26. The summed E-state index contributed by atoms with van der Waals surface area (Å²) >= 11 is 2.26. The first-order valence-electron chi connectivity index (χ1n) is 2.27. The molecule has 0 heterocycles. The van der Waals surface area contributed by atoms with Gasteiger partial charge in [-0.25, -0.2) is 0 Å². The normalized spacial score (nSPS) is 11.1. The van der Waals surface area contributed by atoms with Gasteiger partial charge in [0, 0.05) is 16.8 Å². The summed E-state index contributed by atoms with van der Waals surface area (Å²) in [4.78, 5) is 3.76. The van der Waals surface area contributed by atoms with Crippen LogP contribution in [0.3, 0.4) is 0 Å². The van der Waals surface area contributed by atoms with Gasteiger partial charge in [-0.1, -0.05) is 35.2 Å². The molecule has 1 nitrogen and oxygen atoms in total. The van der Waals surface area contributed by atoms with Crippen molar-refractivity contribution in [1.29, 1.82) is 0 Å². The highest BCUT2D eigenvalue weighted by Crippen LogP contribution is 1.80. The van der Waals surface area contributed by atoms with Crippen LogP contribution in [0.15, 0.2) is 29.9 Å². The van der Waals surface area contributed by atoms with Gasteiger partial charge in [-0.2, -0.15) is 0 Å². The lowest BCUT2D eigenvalue weighted by Crippen LogP contribution is -1.61. The molecule has 0 bridgehead atoms. The second-order valence-corrected chi connectivity index (χ2v) is 1.94. The van der Waals surface area contributed by atoms with Crippen molar-refractivity contribution >= 4 is 28.8 Å². The van der Waals surface area contributed by atoms with E-state index in [2.05, 4.69) is 34.2 Å². The van der Waals surface area contributed by atoms with Gasteiger partial charge in [0.1, 0.15) is 0 Å². The zero-order valence-electron chi connectivity index (χ0n) is 4.55. The molecule has 44 valence electrons. The van der Waals surface area contributed by atoms with Crippen molar-refractivity contribution < 1.29 is 0 Å². The van der Waals surface area contributed by atoms with Crippen molar-refractivity contribution in [3.05, 3.63) is 24.9 Å². The average Bonchev–Trinajstić information content (AvgIpc) is 1.81. The fourth-order valence-corrected chi connectivity index (χ4v) is 0.516. The molecule has 0 fully saturated rings. The van der Waals surface area contributed by atoms with Crippen LogP contribution in [0.4, 0.5) is 0 Å². The standard InChI is InChI=1S/C6H8IN/c1-2-8-6-4-3-5-7/h2-4,6H,1,5H2/b4-3-,8-6?. The second-order valence-electron chi connectivity index (χ2n) is 1.06. The summed E-state index contributed by atoms with van der Waals surface area (Å²) in [5.41, 5.74) is 0. The van der Waals surface area contributed by atoms with Crippen LogP contribution >= 0.6 is 22.6 Å². The number of nitrogens with zero attached hydrogens (tertiary/aromatic N) is 1. The van der Waals surface area contributed by atoms with E-state index in [-0.39, 0.29) is 0 Å². The molecule has 0 saturated carbocycles. The third kappa shape index (κ3) is 5.88. The zero-order valence-corrected chi connectivity index (χ0v) is 6.71. The molecule has 0 atom stereocenters. The third-order valence-corrected chi connectivity index (χ3v) is 1.01. The molecule has 0 amide bonds. The van der Waals surface area contributed by atoms with Gasteiger partial charge in [-0.3, -0.25) is 4.99 Å². The zero-order chi connectivity index (χ0) is 6.24. The first-order chi connectivity index (χ1) is 3.91. The van der Waals surface area contributed by atoms with E-state index >= 15 is 0 Å². The second kappa shape index (κ2) is 6.88. The minimum atomic E-state index is 1.03. The molecule has 0 aliphatic heterocycles. The predicted octanol–water partition coefficient (Wildman–Crippen LogP) is 2.19. The van der Waals surface area contributed by atoms with Crippen LogP contribution in [0.2, 0.25) is 0 Å². The largest absolute Gasteiger partial charge is 0.265 e. The minimum absolute atomic E-state index is 1.03. The van der Waals surface area contributed by atoms with Crippen LogP contribution in [0, 0.1) is 0 Å². The highest BCUT2D eigenvalue weighted by atomic mass is 127. The fraction of sp³-hybridized carbons (Fsp3) is 0.167. The van der Waals surface area contributed by atoms with E-state index in [1.165, 1.54) is 6.20 Å². The monoisotopic (exact) mass is 221 g/mol. The van der Waals surface area contributed by atoms with Crippen molar-refractivity contribution in [3.63, 3.8) is 0 Å². The minimum Gasteiger partial charge on any atom is -0.265 e. The van der Waals surface area contributed by atoms with Gasteiger partial charge in [0.15, 0.2) is 0 Å². The van der Waals surface area contributed by atoms with E-state index < -0.39 is 0 Å². The van der Waals surface area contributed by atoms with Crippen LogP contribution in [0.5, 0.6) is 0 Å². The Morgan fingerprint density at radius 1 is 1.62 bits per heavy atom. The molecule has 0 aromatic carbocycles. The lowest BCUT2D eigenvalue weighted by Gasteiger charge is -1.70. The molecule has 0 N–H and O–H groups in total. The molecule has 0 saturated heterocycles. The van der Waals surface area contributed by atoms with E-state index in [0.717, 1.165) is 4.43 Å². The first-order valence-corrected chi connectivity index (χ1v) is 3.79. The Hall–Kier alpha value is -0.120. The molecule has 0 aromatic rings. The fourth-order valence-electron chi connectivity index (χ4n) is 0.223. The summed E-state index contributed by atoms with van der Waals surface area (Å²) in [5.74, 6) is 0. The molecule has 0 aliphatic carbocycles. The summed E-state index contributed by atoms with van der Waals surface area (Å²) in [6.45, 7) is 3.42. The molecule has 0 aromatic heterocycles. The molecule has 0 unspecified atom stereocenters. The highest BCUT2D eigenvalue weighted by molar-refractivity contribution is 14.1. The van der Waals surface area contributed by atoms with Gasteiger partial charge in [-0.15, -0.1) is 0 Å². The SMILES string of the molecule is C=CN=C/C=C\CI. The lowest BCUT2D eigenvalue weighted by molar-refractivity contribution is 1.62. The smallest absolute Gasteiger partial charge is 0.0264 e. The van der Waals surface area contributed by atoms with Gasteiger partial charge in [-0.05, 0) is 6.08 Å². The summed E-state index contributed by atoms with van der Waals surface area (Å²) in [6, 6.07) is 0. The molecule has 2 heteroatoms. The van der Waals surface area contributed by atoms with Crippen LogP contribution in [-0.2, 0) is 0 Å². The van der Waals surface area contributed by atoms with Crippen LogP contribution in [0.1, 0.15) is 0 Å². The van der Waals surface area contributed by atoms with Crippen molar-refractivity contribution in [2.24, 2.45) is 4.99 Å². The summed E-state index contributed by atoms with van der Waals surface area (Å²) < 4.78 is 1.03. The van der Waals surface area contributed by atoms with Crippen molar-refractivity contribution in [2.75, 3.05) is 4.43 Å². The molecule has 0 spiro atoms. The molecule has 8 heavy (non-hydrogen) atoms. The molecule has 0 aliphatic rings. The Morgan fingerprint density at radius 3 is 2.88 bits per heavy atom. The van der Waals surface area contributed by atoms with Crippen LogP contribution in [-0.4, -0.2) is 10.6 Å². The number of hydrogen-bond acceptors (Lipinski definition) is 1. The lowest BCUT2D eigenvalue weighted by atomic mass is 10.6. The van der Waals surface area contributed by atoms with Crippen molar-refractivity contribution in [2.45, 2.75) is 0 Å². The Bertz CT molecular complexity index is 105. The molecule has 0 rings (SSSR count). The van der Waals surface area contributed by atoms with E-state index in [4.69, 9.17) is 0 Å². The van der Waals surface area contributed by atoms with E-state index in [1.54, 1.807) is 6.21 Å². The maximum absolute atomic E-state index is 3.76. The maximum Gasteiger partial charge on any atom is 0.0264 e. The van der Waals surface area contributed by atoms with Gasteiger partial charge in [0.2, 0.25) is 0 Å². The van der Waals surface area contributed by atoms with Gasteiger partial charge >= 0.3 is 0 Å². The molecular weight excluding hydrogens is 213 g/mol. The quantitative estimate of drug-likeness (QED) is 0.393. The van der Waals surface area contributed by atoms with Gasteiger partial charge in [0.25, 0.3) is 0 Å². The topological polar surface area (TPSA) is 12.4 Å². The van der Waals surface area contributed by atoms with Crippen molar-refractivity contribution in [3.8, 4) is 0 Å². The Labute approximate surface area is 63.3 Å². The van der Waals surface area contributed by atoms with Crippen LogP contribution < -0.4 is 0 Å². The third-order valence-electron chi connectivity index (χ3n) is 0.503.